The fourth-order valence-corrected chi connectivity index (χ4v) is 0.879. The summed E-state index contributed by atoms with van der Waals surface area (Å²) in [6.07, 6.45) is 12.4. The zero-order chi connectivity index (χ0) is 10.2. The monoisotopic (exact) mass is 179 g/mol. The predicted octanol–water partition coefficient (Wildman–Crippen LogP) is 3.97. The maximum Gasteiger partial charge on any atom is 0.0232 e. The van der Waals surface area contributed by atoms with Crippen molar-refractivity contribution in [2.24, 2.45) is 10.4 Å². The van der Waals surface area contributed by atoms with Crippen molar-refractivity contribution in [3.8, 4) is 0 Å². The van der Waals surface area contributed by atoms with Crippen molar-refractivity contribution >= 4 is 6.21 Å². The van der Waals surface area contributed by atoms with Crippen molar-refractivity contribution in [2.45, 2.75) is 40.5 Å². The third kappa shape index (κ3) is 7.51. The van der Waals surface area contributed by atoms with Gasteiger partial charge >= 0.3 is 0 Å². The van der Waals surface area contributed by atoms with Crippen molar-refractivity contribution in [2.75, 3.05) is 0 Å². The molecule has 1 heteroatoms. The van der Waals surface area contributed by atoms with Crippen molar-refractivity contribution in [3.05, 3.63) is 24.4 Å². The molecule has 0 bridgehead atoms. The molecular formula is C12H21N. The van der Waals surface area contributed by atoms with Crippen molar-refractivity contribution in [1.29, 1.82) is 0 Å². The lowest BCUT2D eigenvalue weighted by molar-refractivity contribution is 0.622. The summed E-state index contributed by atoms with van der Waals surface area (Å²) >= 11 is 0. The quantitative estimate of drug-likeness (QED) is 0.447. The van der Waals surface area contributed by atoms with E-state index in [0.29, 0.717) is 0 Å². The van der Waals surface area contributed by atoms with Gasteiger partial charge in [0.2, 0.25) is 0 Å². The molecule has 0 aliphatic rings. The SMILES string of the molecule is CCC=N/C=C\C(C)(C)/C=C\CC. The topological polar surface area (TPSA) is 12.4 Å². The van der Waals surface area contributed by atoms with Gasteiger partial charge in [-0.1, -0.05) is 45.9 Å². The van der Waals surface area contributed by atoms with Gasteiger partial charge in [-0.3, -0.25) is 4.99 Å². The Kier molecular flexibility index (Phi) is 6.21. The van der Waals surface area contributed by atoms with Gasteiger partial charge in [0, 0.05) is 17.8 Å². The Morgan fingerprint density at radius 3 is 2.31 bits per heavy atom. The van der Waals surface area contributed by atoms with E-state index in [0.717, 1.165) is 12.8 Å². The number of hydrogen-bond donors (Lipinski definition) is 0. The molecule has 0 fully saturated rings. The zero-order valence-corrected chi connectivity index (χ0v) is 9.25. The Labute approximate surface area is 82.3 Å². The van der Waals surface area contributed by atoms with E-state index >= 15 is 0 Å². The van der Waals surface area contributed by atoms with E-state index in [4.69, 9.17) is 0 Å². The van der Waals surface area contributed by atoms with Crippen LogP contribution in [0.4, 0.5) is 0 Å². The van der Waals surface area contributed by atoms with Crippen LogP contribution in [0.25, 0.3) is 0 Å². The summed E-state index contributed by atoms with van der Waals surface area (Å²) in [6.45, 7) is 8.58. The number of hydrogen-bond acceptors (Lipinski definition) is 1. The average Bonchev–Trinajstić information content (AvgIpc) is 2.09. The van der Waals surface area contributed by atoms with Crippen LogP contribution in [0.2, 0.25) is 0 Å². The average molecular weight is 179 g/mol. The molecule has 0 radical (unpaired) electrons. The van der Waals surface area contributed by atoms with Crippen molar-refractivity contribution in [1.82, 2.24) is 0 Å². The van der Waals surface area contributed by atoms with Gasteiger partial charge in [-0.2, -0.15) is 0 Å². The van der Waals surface area contributed by atoms with E-state index in [9.17, 15) is 0 Å². The van der Waals surface area contributed by atoms with E-state index in [1.807, 2.05) is 12.4 Å². The van der Waals surface area contributed by atoms with Gasteiger partial charge in [0.05, 0.1) is 0 Å². The van der Waals surface area contributed by atoms with Gasteiger partial charge in [-0.15, -0.1) is 0 Å². The van der Waals surface area contributed by atoms with Crippen LogP contribution >= 0.6 is 0 Å². The molecule has 0 heterocycles. The Bertz CT molecular complexity index is 197. The summed E-state index contributed by atoms with van der Waals surface area (Å²) in [5.41, 5.74) is 0.126. The third-order valence-corrected chi connectivity index (χ3v) is 1.66. The first kappa shape index (κ1) is 12.2. The van der Waals surface area contributed by atoms with Crippen LogP contribution in [-0.4, -0.2) is 6.21 Å². The summed E-state index contributed by atoms with van der Waals surface area (Å²) in [6, 6.07) is 0. The van der Waals surface area contributed by atoms with Crippen LogP contribution in [0.1, 0.15) is 40.5 Å². The highest BCUT2D eigenvalue weighted by molar-refractivity contribution is 5.57. The molecule has 0 aliphatic carbocycles. The molecule has 0 saturated carbocycles. The Morgan fingerprint density at radius 2 is 1.77 bits per heavy atom. The van der Waals surface area contributed by atoms with Crippen LogP contribution in [-0.2, 0) is 0 Å². The van der Waals surface area contributed by atoms with Gasteiger partial charge < -0.3 is 0 Å². The van der Waals surface area contributed by atoms with Gasteiger partial charge in [-0.25, -0.2) is 0 Å². The van der Waals surface area contributed by atoms with Crippen molar-refractivity contribution in [3.63, 3.8) is 0 Å². The molecule has 74 valence electrons. The van der Waals surface area contributed by atoms with E-state index in [1.165, 1.54) is 0 Å². The van der Waals surface area contributed by atoms with Gasteiger partial charge in [-0.05, 0) is 12.8 Å². The van der Waals surface area contributed by atoms with Crippen LogP contribution < -0.4 is 0 Å². The molecule has 13 heavy (non-hydrogen) atoms. The Balaban J connectivity index is 4.07. The second-order valence-corrected chi connectivity index (χ2v) is 3.69. The second kappa shape index (κ2) is 6.64. The van der Waals surface area contributed by atoms with E-state index in [1.54, 1.807) is 0 Å². The first-order valence-corrected chi connectivity index (χ1v) is 4.99. The van der Waals surface area contributed by atoms with Gasteiger partial charge in [0.25, 0.3) is 0 Å². The minimum atomic E-state index is 0.126. The first-order chi connectivity index (χ1) is 6.12. The summed E-state index contributed by atoms with van der Waals surface area (Å²) < 4.78 is 0. The maximum atomic E-state index is 4.14. The van der Waals surface area contributed by atoms with Gasteiger partial charge in [0.1, 0.15) is 0 Å². The third-order valence-electron chi connectivity index (χ3n) is 1.66. The summed E-state index contributed by atoms with van der Waals surface area (Å²) in [4.78, 5) is 4.14. The van der Waals surface area contributed by atoms with Gasteiger partial charge in [0.15, 0.2) is 0 Å². The lowest BCUT2D eigenvalue weighted by atomic mass is 9.93. The Morgan fingerprint density at radius 1 is 1.08 bits per heavy atom. The molecule has 0 unspecified atom stereocenters. The summed E-state index contributed by atoms with van der Waals surface area (Å²) in [5.74, 6) is 0. The second-order valence-electron chi connectivity index (χ2n) is 3.69. The fraction of sp³-hybridized carbons (Fsp3) is 0.583. The molecule has 0 amide bonds. The maximum absolute atomic E-state index is 4.14. The molecular weight excluding hydrogens is 158 g/mol. The fourth-order valence-electron chi connectivity index (χ4n) is 0.879. The normalized spacial score (nSPS) is 13.8. The lowest BCUT2D eigenvalue weighted by Gasteiger charge is -2.13. The van der Waals surface area contributed by atoms with Crippen molar-refractivity contribution < 1.29 is 0 Å². The molecule has 0 aromatic carbocycles. The highest BCUT2D eigenvalue weighted by Gasteiger charge is 2.06. The minimum Gasteiger partial charge on any atom is -0.269 e. The smallest absolute Gasteiger partial charge is 0.0232 e. The first-order valence-electron chi connectivity index (χ1n) is 4.99. The standard InChI is InChI=1S/C12H21N/c1-5-7-8-12(3,4)9-11-13-10-6-2/h7-11H,5-6H2,1-4H3/b8-7-,11-9-,13-10?. The van der Waals surface area contributed by atoms with Crippen LogP contribution in [0.3, 0.4) is 0 Å². The van der Waals surface area contributed by atoms with E-state index < -0.39 is 0 Å². The number of aliphatic imine (C=N–C) groups is 1. The van der Waals surface area contributed by atoms with Crippen LogP contribution in [0, 0.1) is 5.41 Å². The highest BCUT2D eigenvalue weighted by Crippen LogP contribution is 2.18. The molecule has 0 saturated heterocycles. The van der Waals surface area contributed by atoms with E-state index in [-0.39, 0.29) is 5.41 Å². The number of allylic oxidation sites excluding steroid dienone is 3. The van der Waals surface area contributed by atoms with Crippen LogP contribution in [0.5, 0.6) is 0 Å². The molecule has 0 N–H and O–H groups in total. The number of rotatable bonds is 5. The molecule has 0 aliphatic heterocycles. The molecule has 0 spiro atoms. The molecule has 0 aromatic heterocycles. The molecule has 0 aromatic rings. The van der Waals surface area contributed by atoms with E-state index in [2.05, 4.69) is 50.9 Å². The summed E-state index contributed by atoms with van der Waals surface area (Å²) in [7, 11) is 0. The zero-order valence-electron chi connectivity index (χ0n) is 9.25. The predicted molar refractivity (Wildman–Crippen MR) is 61.1 cm³/mol. The lowest BCUT2D eigenvalue weighted by Crippen LogP contribution is -2.01. The highest BCUT2D eigenvalue weighted by atomic mass is 14.7. The molecule has 1 nitrogen and oxygen atoms in total. The summed E-state index contributed by atoms with van der Waals surface area (Å²) in [5, 5.41) is 0. The Hall–Kier alpha value is -0.850. The largest absolute Gasteiger partial charge is 0.269 e. The number of nitrogens with zero attached hydrogens (tertiary/aromatic N) is 1. The molecule has 0 rings (SSSR count). The minimum absolute atomic E-state index is 0.126. The van der Waals surface area contributed by atoms with Crippen LogP contribution in [0.15, 0.2) is 29.4 Å². The molecule has 0 atom stereocenters.